The third kappa shape index (κ3) is 1.63. The van der Waals surface area contributed by atoms with E-state index in [-0.39, 0.29) is 30.0 Å². The largest absolute Gasteiger partial charge is 0.378 e. The van der Waals surface area contributed by atoms with Crippen molar-refractivity contribution in [2.45, 2.75) is 6.04 Å². The number of nitrogens with one attached hydrogen (secondary N) is 1. The Hall–Kier alpha value is -1.95. The first-order valence-corrected chi connectivity index (χ1v) is 4.87. The predicted molar refractivity (Wildman–Crippen MR) is 56.8 cm³/mol. The molecule has 2 unspecified atom stereocenters. The van der Waals surface area contributed by atoms with E-state index >= 15 is 0 Å². The van der Waals surface area contributed by atoms with Crippen molar-refractivity contribution in [1.29, 1.82) is 0 Å². The molecule has 1 aliphatic heterocycles. The van der Waals surface area contributed by atoms with E-state index < -0.39 is 4.92 Å². The second-order valence-corrected chi connectivity index (χ2v) is 3.65. The highest BCUT2D eigenvalue weighted by Gasteiger charge is 2.36. The van der Waals surface area contributed by atoms with E-state index in [9.17, 15) is 14.9 Å². The molecule has 1 aliphatic carbocycles. The Morgan fingerprint density at radius 2 is 2.38 bits per heavy atom. The van der Waals surface area contributed by atoms with Gasteiger partial charge < -0.3 is 11.1 Å². The number of ketones is 1. The maximum absolute atomic E-state index is 11.3. The minimum absolute atomic E-state index is 0.0525. The molecule has 0 aromatic rings. The Bertz CT molecular complexity index is 437. The number of Topliss-reactive ketones (excluding diaryl/α,β-unsaturated/α-hetero) is 1. The van der Waals surface area contributed by atoms with Crippen molar-refractivity contribution in [2.75, 3.05) is 6.54 Å². The highest BCUT2D eigenvalue weighted by molar-refractivity contribution is 5.99. The number of hydrogen-bond acceptors (Lipinski definition) is 5. The van der Waals surface area contributed by atoms with Crippen LogP contribution < -0.4 is 11.1 Å². The van der Waals surface area contributed by atoms with Crippen LogP contribution in [0.2, 0.25) is 0 Å². The lowest BCUT2D eigenvalue weighted by Gasteiger charge is -2.17. The van der Waals surface area contributed by atoms with Gasteiger partial charge in [0.25, 0.3) is 5.70 Å². The summed E-state index contributed by atoms with van der Waals surface area (Å²) in [5.41, 5.74) is 5.88. The molecule has 2 rings (SSSR count). The van der Waals surface area contributed by atoms with E-state index in [4.69, 9.17) is 5.73 Å². The smallest absolute Gasteiger partial charge is 0.270 e. The van der Waals surface area contributed by atoms with Crippen LogP contribution in [0.3, 0.4) is 0 Å². The molecule has 2 aliphatic rings. The van der Waals surface area contributed by atoms with Gasteiger partial charge in [0.2, 0.25) is 0 Å². The van der Waals surface area contributed by atoms with E-state index in [1.165, 1.54) is 6.20 Å². The van der Waals surface area contributed by atoms with Gasteiger partial charge in [-0.2, -0.15) is 0 Å². The number of nitro groups is 1. The maximum Gasteiger partial charge on any atom is 0.270 e. The van der Waals surface area contributed by atoms with Gasteiger partial charge in [-0.05, 0) is 0 Å². The summed E-state index contributed by atoms with van der Waals surface area (Å²) in [5, 5.41) is 13.6. The molecule has 3 N–H and O–H groups in total. The summed E-state index contributed by atoms with van der Waals surface area (Å²) < 4.78 is 0. The van der Waals surface area contributed by atoms with Crippen molar-refractivity contribution < 1.29 is 9.72 Å². The van der Waals surface area contributed by atoms with Crippen LogP contribution in [0.25, 0.3) is 0 Å². The fourth-order valence-corrected chi connectivity index (χ4v) is 1.87. The highest BCUT2D eigenvalue weighted by Crippen LogP contribution is 2.28. The number of rotatable bonds is 3. The van der Waals surface area contributed by atoms with E-state index in [1.54, 1.807) is 18.2 Å². The van der Waals surface area contributed by atoms with Gasteiger partial charge in [0.15, 0.2) is 5.78 Å². The lowest BCUT2D eigenvalue weighted by atomic mass is 9.90. The molecule has 0 amide bonds. The molecule has 0 radical (unpaired) electrons. The molecule has 16 heavy (non-hydrogen) atoms. The first-order chi connectivity index (χ1) is 7.63. The lowest BCUT2D eigenvalue weighted by Crippen LogP contribution is -2.29. The van der Waals surface area contributed by atoms with Crippen molar-refractivity contribution in [3.05, 3.63) is 45.8 Å². The van der Waals surface area contributed by atoms with Crippen molar-refractivity contribution in [3.63, 3.8) is 0 Å². The predicted octanol–water partition coefficient (Wildman–Crippen LogP) is -0.284. The van der Waals surface area contributed by atoms with E-state index in [0.29, 0.717) is 5.57 Å². The lowest BCUT2D eigenvalue weighted by molar-refractivity contribution is -0.431. The van der Waals surface area contributed by atoms with Crippen LogP contribution in [0.5, 0.6) is 0 Å². The standard InChI is InChI=1S/C10H11N3O3/c11-4-10(14)6-1-2-7-8(3-6)12-5-9(7)13(15)16/h1-3,5,7-8,12H,4,11H2. The second-order valence-electron chi connectivity index (χ2n) is 3.65. The first-order valence-electron chi connectivity index (χ1n) is 4.87. The number of allylic oxidation sites excluding steroid dienone is 1. The fraction of sp³-hybridized carbons (Fsp3) is 0.300. The zero-order chi connectivity index (χ0) is 11.7. The minimum Gasteiger partial charge on any atom is -0.378 e. The molecule has 0 aromatic carbocycles. The summed E-state index contributed by atoms with van der Waals surface area (Å²) in [7, 11) is 0. The molecular formula is C10H11N3O3. The van der Waals surface area contributed by atoms with Gasteiger partial charge in [-0.3, -0.25) is 14.9 Å². The Balaban J connectivity index is 2.19. The third-order valence-corrected chi connectivity index (χ3v) is 2.71. The molecule has 84 valence electrons. The zero-order valence-electron chi connectivity index (χ0n) is 8.42. The first kappa shape index (κ1) is 10.6. The number of nitrogens with two attached hydrogens (primary N) is 1. The van der Waals surface area contributed by atoms with Gasteiger partial charge in [-0.25, -0.2) is 0 Å². The average molecular weight is 221 g/mol. The summed E-state index contributed by atoms with van der Waals surface area (Å²) in [4.78, 5) is 21.6. The Labute approximate surface area is 91.6 Å². The molecule has 6 heteroatoms. The molecule has 1 heterocycles. The van der Waals surface area contributed by atoms with Crippen LogP contribution in [0.4, 0.5) is 0 Å². The van der Waals surface area contributed by atoms with Crippen LogP contribution in [0, 0.1) is 16.0 Å². The molecular weight excluding hydrogens is 210 g/mol. The van der Waals surface area contributed by atoms with Crippen molar-refractivity contribution in [2.24, 2.45) is 11.7 Å². The number of nitrogens with zero attached hydrogens (tertiary/aromatic N) is 1. The fourth-order valence-electron chi connectivity index (χ4n) is 1.87. The Morgan fingerprint density at radius 1 is 1.62 bits per heavy atom. The zero-order valence-corrected chi connectivity index (χ0v) is 8.42. The van der Waals surface area contributed by atoms with E-state index in [2.05, 4.69) is 5.32 Å². The molecule has 0 aromatic heterocycles. The Morgan fingerprint density at radius 3 is 3.00 bits per heavy atom. The van der Waals surface area contributed by atoms with Crippen LogP contribution in [-0.4, -0.2) is 23.3 Å². The van der Waals surface area contributed by atoms with Gasteiger partial charge >= 0.3 is 0 Å². The molecule has 0 bridgehead atoms. The second kappa shape index (κ2) is 3.90. The van der Waals surface area contributed by atoms with Gasteiger partial charge in [-0.1, -0.05) is 18.2 Å². The number of fused-ring (bicyclic) bond motifs is 1. The quantitative estimate of drug-likeness (QED) is 0.504. The molecule has 0 saturated heterocycles. The molecule has 0 saturated carbocycles. The van der Waals surface area contributed by atoms with Crippen LogP contribution in [-0.2, 0) is 4.79 Å². The van der Waals surface area contributed by atoms with E-state index in [0.717, 1.165) is 0 Å². The van der Waals surface area contributed by atoms with Gasteiger partial charge in [-0.15, -0.1) is 0 Å². The van der Waals surface area contributed by atoms with Crippen molar-refractivity contribution in [3.8, 4) is 0 Å². The third-order valence-electron chi connectivity index (χ3n) is 2.71. The number of carbonyl (C=O) groups is 1. The molecule has 6 nitrogen and oxygen atoms in total. The van der Waals surface area contributed by atoms with Crippen LogP contribution in [0.1, 0.15) is 0 Å². The summed E-state index contributed by atoms with van der Waals surface area (Å²) in [5.74, 6) is -0.463. The van der Waals surface area contributed by atoms with Gasteiger partial charge in [0, 0.05) is 5.57 Å². The summed E-state index contributed by atoms with van der Waals surface area (Å²) in [6, 6.07) is -0.212. The summed E-state index contributed by atoms with van der Waals surface area (Å²) in [6.07, 6.45) is 6.34. The molecule has 0 spiro atoms. The average Bonchev–Trinajstić information content (AvgIpc) is 2.70. The summed E-state index contributed by atoms with van der Waals surface area (Å²) >= 11 is 0. The normalized spacial score (nSPS) is 26.6. The summed E-state index contributed by atoms with van der Waals surface area (Å²) in [6.45, 7) is -0.0525. The topological polar surface area (TPSA) is 98.3 Å². The van der Waals surface area contributed by atoms with E-state index in [1.807, 2.05) is 0 Å². The molecule has 2 atom stereocenters. The van der Waals surface area contributed by atoms with Crippen molar-refractivity contribution >= 4 is 5.78 Å². The monoisotopic (exact) mass is 221 g/mol. The van der Waals surface area contributed by atoms with Gasteiger partial charge in [0.05, 0.1) is 29.6 Å². The van der Waals surface area contributed by atoms with Crippen molar-refractivity contribution in [1.82, 2.24) is 5.32 Å². The highest BCUT2D eigenvalue weighted by atomic mass is 16.6. The molecule has 0 fully saturated rings. The maximum atomic E-state index is 11.3. The number of hydrogen-bond donors (Lipinski definition) is 2. The van der Waals surface area contributed by atoms with Crippen LogP contribution in [0.15, 0.2) is 35.7 Å². The Kier molecular flexibility index (Phi) is 2.57. The minimum atomic E-state index is -0.411. The van der Waals surface area contributed by atoms with Crippen LogP contribution >= 0.6 is 0 Å². The van der Waals surface area contributed by atoms with Gasteiger partial charge in [0.1, 0.15) is 0 Å². The number of carbonyl (C=O) groups excluding carboxylic acids is 1. The SMILES string of the molecule is NCC(=O)C1=CC2NC=C([N+](=O)[O-])C2C=C1.